The van der Waals surface area contributed by atoms with Crippen molar-refractivity contribution in [2.24, 2.45) is 0 Å². The molecule has 0 amide bonds. The quantitative estimate of drug-likeness (QED) is 0.776. The molecule has 0 fully saturated rings. The topological polar surface area (TPSA) is 46.6 Å². The van der Waals surface area contributed by atoms with E-state index in [0.717, 1.165) is 0 Å². The highest BCUT2D eigenvalue weighted by Gasteiger charge is 2.05. The first-order valence-corrected chi connectivity index (χ1v) is 5.97. The van der Waals surface area contributed by atoms with Gasteiger partial charge in [0.2, 0.25) is 0 Å². The van der Waals surface area contributed by atoms with Crippen LogP contribution in [0.2, 0.25) is 5.02 Å². The Morgan fingerprint density at radius 1 is 1.10 bits per heavy atom. The summed E-state index contributed by atoms with van der Waals surface area (Å²) in [7, 11) is 1.53. The van der Waals surface area contributed by atoms with Crippen LogP contribution in [0, 0.1) is 17.9 Å². The van der Waals surface area contributed by atoms with Gasteiger partial charge in [-0.15, -0.1) is 0 Å². The first-order chi connectivity index (χ1) is 9.64. The highest BCUT2D eigenvalue weighted by Crippen LogP contribution is 2.31. The average Bonchev–Trinajstić information content (AvgIpc) is 2.46. The van der Waals surface area contributed by atoms with Crippen molar-refractivity contribution in [1.29, 1.82) is 5.26 Å². The maximum Gasteiger partial charge on any atom is 0.192 e. The van der Waals surface area contributed by atoms with Gasteiger partial charge in [-0.1, -0.05) is 11.6 Å². The SMILES string of the molecule is [C-]#[N+]c1cc(C#N)cc(Oc2cc(Cl)cc(OC)c2)c1. The normalized spacial score (nSPS) is 9.40. The van der Waals surface area contributed by atoms with E-state index in [1.807, 2.05) is 6.07 Å². The summed E-state index contributed by atoms with van der Waals surface area (Å²) in [4.78, 5) is 3.30. The number of methoxy groups -OCH3 is 1. The number of benzene rings is 2. The summed E-state index contributed by atoms with van der Waals surface area (Å²) in [5.41, 5.74) is 0.704. The van der Waals surface area contributed by atoms with Crippen LogP contribution in [-0.4, -0.2) is 7.11 Å². The molecule has 0 radical (unpaired) electrons. The van der Waals surface area contributed by atoms with E-state index in [9.17, 15) is 0 Å². The van der Waals surface area contributed by atoms with Gasteiger partial charge in [0.05, 0.1) is 19.8 Å². The van der Waals surface area contributed by atoms with E-state index in [1.165, 1.54) is 13.2 Å². The summed E-state index contributed by atoms with van der Waals surface area (Å²) in [6.45, 7) is 7.01. The van der Waals surface area contributed by atoms with Crippen LogP contribution in [0.5, 0.6) is 17.2 Å². The van der Waals surface area contributed by atoms with Crippen LogP contribution in [0.3, 0.4) is 0 Å². The third-order valence-corrected chi connectivity index (χ3v) is 2.68. The van der Waals surface area contributed by atoms with Crippen molar-refractivity contribution in [1.82, 2.24) is 0 Å². The first-order valence-electron chi connectivity index (χ1n) is 5.59. The highest BCUT2D eigenvalue weighted by molar-refractivity contribution is 6.30. The van der Waals surface area contributed by atoms with E-state index in [-0.39, 0.29) is 0 Å². The van der Waals surface area contributed by atoms with Gasteiger partial charge < -0.3 is 9.47 Å². The van der Waals surface area contributed by atoms with Crippen LogP contribution in [0.1, 0.15) is 5.56 Å². The van der Waals surface area contributed by atoms with E-state index in [4.69, 9.17) is 32.9 Å². The van der Waals surface area contributed by atoms with Gasteiger partial charge in [0.15, 0.2) is 5.69 Å². The van der Waals surface area contributed by atoms with Gasteiger partial charge in [0, 0.05) is 16.7 Å². The molecule has 0 unspecified atom stereocenters. The minimum Gasteiger partial charge on any atom is -0.497 e. The van der Waals surface area contributed by atoms with E-state index in [2.05, 4.69) is 4.85 Å². The van der Waals surface area contributed by atoms with Crippen molar-refractivity contribution in [2.45, 2.75) is 0 Å². The molecule has 0 bridgehead atoms. The van der Waals surface area contributed by atoms with Crippen molar-refractivity contribution < 1.29 is 9.47 Å². The highest BCUT2D eigenvalue weighted by atomic mass is 35.5. The summed E-state index contributed by atoms with van der Waals surface area (Å²) in [5.74, 6) is 1.44. The minimum atomic E-state index is 0.341. The zero-order chi connectivity index (χ0) is 14.5. The van der Waals surface area contributed by atoms with Gasteiger partial charge in [0.25, 0.3) is 0 Å². The third-order valence-electron chi connectivity index (χ3n) is 2.47. The molecule has 0 atom stereocenters. The molecule has 0 spiro atoms. The second-order valence-electron chi connectivity index (χ2n) is 3.87. The Hall–Kier alpha value is -2.69. The average molecular weight is 285 g/mol. The second kappa shape index (κ2) is 5.97. The minimum absolute atomic E-state index is 0.341. The number of nitriles is 1. The number of hydrogen-bond acceptors (Lipinski definition) is 3. The maximum absolute atomic E-state index is 8.92. The predicted octanol–water partition coefficient (Wildman–Crippen LogP) is 4.56. The zero-order valence-electron chi connectivity index (χ0n) is 10.6. The maximum atomic E-state index is 8.92. The molecule has 0 aliphatic heterocycles. The molecule has 0 aliphatic rings. The first kappa shape index (κ1) is 13.7. The lowest BCUT2D eigenvalue weighted by molar-refractivity contribution is 0.409. The van der Waals surface area contributed by atoms with Crippen molar-refractivity contribution in [3.63, 3.8) is 0 Å². The summed E-state index contributed by atoms with van der Waals surface area (Å²) in [5, 5.41) is 9.40. The van der Waals surface area contributed by atoms with Gasteiger partial charge in [-0.3, -0.25) is 0 Å². The molecular weight excluding hydrogens is 276 g/mol. The Morgan fingerprint density at radius 2 is 1.80 bits per heavy atom. The molecule has 2 aromatic carbocycles. The Kier molecular flexibility index (Phi) is 4.10. The fourth-order valence-electron chi connectivity index (χ4n) is 1.62. The van der Waals surface area contributed by atoms with Crippen molar-refractivity contribution >= 4 is 17.3 Å². The molecule has 20 heavy (non-hydrogen) atoms. The number of ether oxygens (including phenoxy) is 2. The van der Waals surface area contributed by atoms with Crippen LogP contribution >= 0.6 is 11.6 Å². The predicted molar refractivity (Wildman–Crippen MR) is 75.5 cm³/mol. The van der Waals surface area contributed by atoms with Gasteiger partial charge in [0.1, 0.15) is 17.2 Å². The third kappa shape index (κ3) is 3.20. The lowest BCUT2D eigenvalue weighted by atomic mass is 10.2. The van der Waals surface area contributed by atoms with E-state index in [1.54, 1.807) is 30.3 Å². The summed E-state index contributed by atoms with van der Waals surface area (Å²) < 4.78 is 10.7. The molecular formula is C15H9ClN2O2. The summed E-state index contributed by atoms with van der Waals surface area (Å²) in [6, 6.07) is 11.6. The van der Waals surface area contributed by atoms with Crippen LogP contribution in [0.25, 0.3) is 4.85 Å². The Balaban J connectivity index is 2.37. The van der Waals surface area contributed by atoms with E-state index >= 15 is 0 Å². The second-order valence-corrected chi connectivity index (χ2v) is 4.30. The lowest BCUT2D eigenvalue weighted by Crippen LogP contribution is -1.88. The Labute approximate surface area is 121 Å². The fraction of sp³-hybridized carbons (Fsp3) is 0.0667. The lowest BCUT2D eigenvalue weighted by Gasteiger charge is -2.09. The monoisotopic (exact) mass is 284 g/mol. The molecule has 98 valence electrons. The molecule has 0 heterocycles. The molecule has 5 heteroatoms. The van der Waals surface area contributed by atoms with Gasteiger partial charge >= 0.3 is 0 Å². The molecule has 0 saturated carbocycles. The molecule has 0 N–H and O–H groups in total. The van der Waals surface area contributed by atoms with Crippen LogP contribution in [0.15, 0.2) is 36.4 Å². The number of halogens is 1. The van der Waals surface area contributed by atoms with Gasteiger partial charge in [-0.2, -0.15) is 5.26 Å². The van der Waals surface area contributed by atoms with E-state index < -0.39 is 0 Å². The fourth-order valence-corrected chi connectivity index (χ4v) is 1.84. The van der Waals surface area contributed by atoms with Gasteiger partial charge in [-0.25, -0.2) is 4.85 Å². The number of rotatable bonds is 3. The van der Waals surface area contributed by atoms with Crippen LogP contribution < -0.4 is 9.47 Å². The molecule has 0 saturated heterocycles. The molecule has 0 aliphatic carbocycles. The zero-order valence-corrected chi connectivity index (χ0v) is 11.3. The standard InChI is InChI=1S/C15H9ClN2O2/c1-18-12-3-10(9-17)4-14(7-12)20-15-6-11(16)5-13(8-15)19-2/h3-8H,2H3. The van der Waals surface area contributed by atoms with Gasteiger partial charge in [-0.05, 0) is 30.3 Å². The van der Waals surface area contributed by atoms with Crippen molar-refractivity contribution in [2.75, 3.05) is 7.11 Å². The van der Waals surface area contributed by atoms with Crippen LogP contribution in [-0.2, 0) is 0 Å². The largest absolute Gasteiger partial charge is 0.497 e. The molecule has 2 aromatic rings. The number of hydrogen-bond donors (Lipinski definition) is 0. The van der Waals surface area contributed by atoms with Crippen molar-refractivity contribution in [3.8, 4) is 23.3 Å². The molecule has 2 rings (SSSR count). The Bertz CT molecular complexity index is 697. The smallest absolute Gasteiger partial charge is 0.192 e. The molecule has 0 aromatic heterocycles. The molecule has 4 nitrogen and oxygen atoms in total. The summed E-state index contributed by atoms with van der Waals surface area (Å²) in [6.07, 6.45) is 0. The summed E-state index contributed by atoms with van der Waals surface area (Å²) >= 11 is 5.95. The van der Waals surface area contributed by atoms with E-state index in [0.29, 0.717) is 33.5 Å². The van der Waals surface area contributed by atoms with Crippen molar-refractivity contribution in [3.05, 3.63) is 58.4 Å². The van der Waals surface area contributed by atoms with Crippen LogP contribution in [0.4, 0.5) is 5.69 Å². The Morgan fingerprint density at radius 3 is 2.45 bits per heavy atom. The number of nitrogens with zero attached hydrogens (tertiary/aromatic N) is 2.